The average Bonchev–Trinajstić information content (AvgIpc) is 3.32. The SMILES string of the molecule is CCCCCCCCCc1cccc(C=CC(=O)c2ccccc2)c1C1C=CC=C1. The topological polar surface area (TPSA) is 17.1 Å². The van der Waals surface area contributed by atoms with E-state index in [0.29, 0.717) is 5.92 Å². The maximum atomic E-state index is 12.5. The van der Waals surface area contributed by atoms with Gasteiger partial charge in [-0.15, -0.1) is 0 Å². The first-order valence-corrected chi connectivity index (χ1v) is 11.5. The molecule has 156 valence electrons. The molecule has 2 aromatic carbocycles. The summed E-state index contributed by atoms with van der Waals surface area (Å²) in [6.07, 6.45) is 22.8. The van der Waals surface area contributed by atoms with Crippen LogP contribution in [0, 0.1) is 0 Å². The highest BCUT2D eigenvalue weighted by molar-refractivity contribution is 6.06. The summed E-state index contributed by atoms with van der Waals surface area (Å²) >= 11 is 0. The van der Waals surface area contributed by atoms with E-state index in [1.807, 2.05) is 36.4 Å². The van der Waals surface area contributed by atoms with E-state index < -0.39 is 0 Å². The largest absolute Gasteiger partial charge is 0.289 e. The number of rotatable bonds is 12. The van der Waals surface area contributed by atoms with Gasteiger partial charge in [0.15, 0.2) is 5.78 Å². The molecule has 0 aliphatic heterocycles. The Hall–Kier alpha value is -2.67. The van der Waals surface area contributed by atoms with Crippen molar-refractivity contribution in [2.24, 2.45) is 0 Å². The molecule has 0 bridgehead atoms. The highest BCUT2D eigenvalue weighted by atomic mass is 16.1. The molecule has 1 aliphatic rings. The van der Waals surface area contributed by atoms with Gasteiger partial charge < -0.3 is 0 Å². The number of benzene rings is 2. The van der Waals surface area contributed by atoms with Gasteiger partial charge in [0.1, 0.15) is 0 Å². The fraction of sp³-hybridized carbons (Fsp3) is 0.345. The summed E-state index contributed by atoms with van der Waals surface area (Å²) in [5, 5.41) is 0. The predicted molar refractivity (Wildman–Crippen MR) is 129 cm³/mol. The van der Waals surface area contributed by atoms with E-state index in [4.69, 9.17) is 0 Å². The lowest BCUT2D eigenvalue weighted by Crippen LogP contribution is -2.02. The van der Waals surface area contributed by atoms with E-state index >= 15 is 0 Å². The van der Waals surface area contributed by atoms with Crippen LogP contribution in [0.1, 0.15) is 84.8 Å². The Morgan fingerprint density at radius 3 is 2.27 bits per heavy atom. The number of allylic oxidation sites excluding steroid dienone is 5. The highest BCUT2D eigenvalue weighted by Gasteiger charge is 2.15. The quantitative estimate of drug-likeness (QED) is 0.201. The number of carbonyl (C=O) groups is 1. The van der Waals surface area contributed by atoms with Crippen LogP contribution >= 0.6 is 0 Å². The molecule has 0 spiro atoms. The van der Waals surface area contributed by atoms with Crippen LogP contribution in [0.4, 0.5) is 0 Å². The molecule has 2 aromatic rings. The van der Waals surface area contributed by atoms with Crippen LogP contribution in [-0.4, -0.2) is 5.78 Å². The number of hydrogen-bond acceptors (Lipinski definition) is 1. The average molecular weight is 399 g/mol. The summed E-state index contributed by atoms with van der Waals surface area (Å²) in [4.78, 5) is 12.5. The molecule has 1 aliphatic carbocycles. The Labute approximate surface area is 182 Å². The molecule has 1 heteroatoms. The molecule has 0 radical (unpaired) electrons. The zero-order valence-electron chi connectivity index (χ0n) is 18.2. The molecule has 0 saturated heterocycles. The number of carbonyl (C=O) groups excluding carboxylic acids is 1. The molecule has 0 amide bonds. The number of aryl methyl sites for hydroxylation is 1. The van der Waals surface area contributed by atoms with Gasteiger partial charge in [-0.05, 0) is 35.6 Å². The van der Waals surface area contributed by atoms with Gasteiger partial charge in [-0.25, -0.2) is 0 Å². The fourth-order valence-corrected chi connectivity index (χ4v) is 4.16. The van der Waals surface area contributed by atoms with Gasteiger partial charge in [-0.2, -0.15) is 0 Å². The van der Waals surface area contributed by atoms with Gasteiger partial charge in [0.25, 0.3) is 0 Å². The summed E-state index contributed by atoms with van der Waals surface area (Å²) in [5.74, 6) is 0.355. The first-order valence-electron chi connectivity index (χ1n) is 11.5. The first-order chi connectivity index (χ1) is 14.8. The van der Waals surface area contributed by atoms with Crippen LogP contribution in [0.3, 0.4) is 0 Å². The highest BCUT2D eigenvalue weighted by Crippen LogP contribution is 2.31. The van der Waals surface area contributed by atoms with Gasteiger partial charge >= 0.3 is 0 Å². The van der Waals surface area contributed by atoms with Crippen molar-refractivity contribution >= 4 is 11.9 Å². The van der Waals surface area contributed by atoms with Crippen LogP contribution in [0.15, 0.2) is 78.9 Å². The second-order valence-corrected chi connectivity index (χ2v) is 8.15. The second-order valence-electron chi connectivity index (χ2n) is 8.15. The minimum Gasteiger partial charge on any atom is -0.289 e. The molecule has 0 aromatic heterocycles. The summed E-state index contributed by atoms with van der Waals surface area (Å²) in [6, 6.07) is 16.0. The maximum absolute atomic E-state index is 12.5. The zero-order chi connectivity index (χ0) is 21.0. The lowest BCUT2D eigenvalue weighted by molar-refractivity contribution is 0.104. The van der Waals surface area contributed by atoms with E-state index in [1.165, 1.54) is 56.1 Å². The summed E-state index contributed by atoms with van der Waals surface area (Å²) in [6.45, 7) is 2.27. The van der Waals surface area contributed by atoms with Crippen LogP contribution in [-0.2, 0) is 6.42 Å². The lowest BCUT2D eigenvalue weighted by atomic mass is 9.87. The minimum atomic E-state index is 0.0524. The Kier molecular flexibility index (Phi) is 8.90. The Morgan fingerprint density at radius 2 is 1.53 bits per heavy atom. The third-order valence-corrected chi connectivity index (χ3v) is 5.83. The second kappa shape index (κ2) is 12.1. The zero-order valence-corrected chi connectivity index (χ0v) is 18.2. The number of hydrogen-bond donors (Lipinski definition) is 0. The number of ketones is 1. The van der Waals surface area contributed by atoms with Crippen LogP contribution < -0.4 is 0 Å². The maximum Gasteiger partial charge on any atom is 0.185 e. The van der Waals surface area contributed by atoms with Crippen molar-refractivity contribution in [3.63, 3.8) is 0 Å². The third-order valence-electron chi connectivity index (χ3n) is 5.83. The smallest absolute Gasteiger partial charge is 0.185 e. The normalized spacial score (nSPS) is 13.5. The summed E-state index contributed by atoms with van der Waals surface area (Å²) in [7, 11) is 0. The van der Waals surface area contributed by atoms with E-state index in [-0.39, 0.29) is 5.78 Å². The van der Waals surface area contributed by atoms with Crippen molar-refractivity contribution in [1.82, 2.24) is 0 Å². The number of unbranched alkanes of at least 4 members (excludes halogenated alkanes) is 6. The fourth-order valence-electron chi connectivity index (χ4n) is 4.16. The van der Waals surface area contributed by atoms with Gasteiger partial charge in [0, 0.05) is 11.5 Å². The van der Waals surface area contributed by atoms with E-state index in [0.717, 1.165) is 17.5 Å². The van der Waals surface area contributed by atoms with Crippen molar-refractivity contribution in [2.75, 3.05) is 0 Å². The van der Waals surface area contributed by atoms with Crippen molar-refractivity contribution in [1.29, 1.82) is 0 Å². The Morgan fingerprint density at radius 1 is 0.833 bits per heavy atom. The molecule has 0 fully saturated rings. The molecular weight excluding hydrogens is 364 g/mol. The van der Waals surface area contributed by atoms with Crippen molar-refractivity contribution in [3.05, 3.63) is 101 Å². The first kappa shape index (κ1) is 22.0. The van der Waals surface area contributed by atoms with Gasteiger partial charge in [0.2, 0.25) is 0 Å². The van der Waals surface area contributed by atoms with E-state index in [2.05, 4.69) is 49.4 Å². The van der Waals surface area contributed by atoms with Crippen molar-refractivity contribution in [3.8, 4) is 0 Å². The van der Waals surface area contributed by atoms with Gasteiger partial charge in [-0.3, -0.25) is 4.79 Å². The minimum absolute atomic E-state index is 0.0524. The molecule has 30 heavy (non-hydrogen) atoms. The van der Waals surface area contributed by atoms with E-state index in [1.54, 1.807) is 6.08 Å². The third kappa shape index (κ3) is 6.42. The molecule has 0 unspecified atom stereocenters. The predicted octanol–water partition coefficient (Wildman–Crippen LogP) is 8.09. The Balaban J connectivity index is 1.71. The molecule has 0 heterocycles. The lowest BCUT2D eigenvalue weighted by Gasteiger charge is -2.17. The molecular formula is C29H34O. The van der Waals surface area contributed by atoms with Gasteiger partial charge in [-0.1, -0.05) is 124 Å². The summed E-state index contributed by atoms with van der Waals surface area (Å²) < 4.78 is 0. The van der Waals surface area contributed by atoms with Crippen LogP contribution in [0.25, 0.3) is 6.08 Å². The standard InChI is InChI=1S/C29H34O/c1-2-3-4-5-6-7-9-17-26-20-14-21-27(29(26)25-18-12-13-19-25)22-23-28(30)24-15-10-8-11-16-24/h8,10-16,18-23,25H,2-7,9,17H2,1H3. The molecule has 0 N–H and O–H groups in total. The monoisotopic (exact) mass is 398 g/mol. The molecule has 0 saturated carbocycles. The molecule has 1 nitrogen and oxygen atoms in total. The van der Waals surface area contributed by atoms with Crippen LogP contribution in [0.2, 0.25) is 0 Å². The van der Waals surface area contributed by atoms with Crippen molar-refractivity contribution < 1.29 is 4.79 Å². The Bertz CT molecular complexity index is 874. The summed E-state index contributed by atoms with van der Waals surface area (Å²) in [5.41, 5.74) is 4.65. The molecule has 3 rings (SSSR count). The molecule has 0 atom stereocenters. The van der Waals surface area contributed by atoms with Gasteiger partial charge in [0.05, 0.1) is 0 Å². The van der Waals surface area contributed by atoms with E-state index in [9.17, 15) is 4.79 Å². The van der Waals surface area contributed by atoms with Crippen LogP contribution in [0.5, 0.6) is 0 Å². The van der Waals surface area contributed by atoms with Crippen molar-refractivity contribution in [2.45, 2.75) is 64.2 Å².